The number of rotatable bonds is 3. The predicted octanol–water partition coefficient (Wildman–Crippen LogP) is 4.47. The van der Waals surface area contributed by atoms with Gasteiger partial charge in [0.2, 0.25) is 0 Å². The zero-order valence-electron chi connectivity index (χ0n) is 9.82. The number of hydrogen-bond donors (Lipinski definition) is 2. The van der Waals surface area contributed by atoms with Gasteiger partial charge in [-0.15, -0.1) is 0 Å². The molecule has 0 radical (unpaired) electrons. The first-order chi connectivity index (χ1) is 8.56. The average Bonchev–Trinajstić information content (AvgIpc) is 2.28. The Morgan fingerprint density at radius 3 is 2.67 bits per heavy atom. The van der Waals surface area contributed by atoms with E-state index in [0.717, 1.165) is 15.7 Å². The summed E-state index contributed by atoms with van der Waals surface area (Å²) in [5.41, 5.74) is 1.78. The van der Waals surface area contributed by atoms with E-state index in [0.29, 0.717) is 0 Å². The van der Waals surface area contributed by atoms with Crippen molar-refractivity contribution in [1.29, 1.82) is 0 Å². The van der Waals surface area contributed by atoms with E-state index in [-0.39, 0.29) is 17.6 Å². The van der Waals surface area contributed by atoms with Gasteiger partial charge in [-0.1, -0.05) is 28.1 Å². The van der Waals surface area contributed by atoms with Crippen molar-refractivity contribution in [1.82, 2.24) is 0 Å². The van der Waals surface area contributed by atoms with Gasteiger partial charge in [0.1, 0.15) is 11.6 Å². The Kier molecular flexibility index (Phi) is 3.87. The van der Waals surface area contributed by atoms with Crippen LogP contribution in [0.25, 0.3) is 0 Å². The minimum Gasteiger partial charge on any atom is -0.508 e. The highest BCUT2D eigenvalue weighted by Crippen LogP contribution is 2.27. The molecule has 1 atom stereocenters. The van der Waals surface area contributed by atoms with Crippen LogP contribution in [0.5, 0.6) is 5.75 Å². The van der Waals surface area contributed by atoms with Crippen LogP contribution >= 0.6 is 15.9 Å². The molecule has 0 fully saturated rings. The minimum absolute atomic E-state index is 0.00164. The fraction of sp³-hybridized carbons (Fsp3) is 0.143. The Labute approximate surface area is 114 Å². The third-order valence-corrected chi connectivity index (χ3v) is 3.35. The first-order valence-corrected chi connectivity index (χ1v) is 6.36. The maximum atomic E-state index is 13.0. The fourth-order valence-corrected chi connectivity index (χ4v) is 2.47. The largest absolute Gasteiger partial charge is 0.508 e. The highest BCUT2D eigenvalue weighted by molar-refractivity contribution is 9.10. The van der Waals surface area contributed by atoms with Crippen molar-refractivity contribution in [3.8, 4) is 5.75 Å². The molecule has 2 rings (SSSR count). The van der Waals surface area contributed by atoms with Gasteiger partial charge in [0.25, 0.3) is 0 Å². The molecule has 2 aromatic rings. The SMILES string of the molecule is CC(Nc1cccc(O)c1)c1ccc(F)cc1Br. The summed E-state index contributed by atoms with van der Waals surface area (Å²) in [5.74, 6) is -0.0550. The summed E-state index contributed by atoms with van der Waals surface area (Å²) in [6, 6.07) is 11.5. The normalized spacial score (nSPS) is 12.2. The summed E-state index contributed by atoms with van der Waals surface area (Å²) in [6.07, 6.45) is 0. The van der Waals surface area contributed by atoms with Crippen LogP contribution in [-0.4, -0.2) is 5.11 Å². The Balaban J connectivity index is 2.19. The lowest BCUT2D eigenvalue weighted by Gasteiger charge is -2.17. The monoisotopic (exact) mass is 309 g/mol. The maximum Gasteiger partial charge on any atom is 0.124 e. The second kappa shape index (κ2) is 5.40. The van der Waals surface area contributed by atoms with Gasteiger partial charge in [-0.2, -0.15) is 0 Å². The molecular formula is C14H13BrFNO. The van der Waals surface area contributed by atoms with Gasteiger partial charge in [0, 0.05) is 22.3 Å². The molecule has 2 aromatic carbocycles. The Bertz CT molecular complexity index is 559. The van der Waals surface area contributed by atoms with Crippen LogP contribution in [-0.2, 0) is 0 Å². The quantitative estimate of drug-likeness (QED) is 0.877. The average molecular weight is 310 g/mol. The second-order valence-corrected chi connectivity index (χ2v) is 4.94. The number of nitrogens with one attached hydrogen (secondary N) is 1. The van der Waals surface area contributed by atoms with E-state index in [9.17, 15) is 9.50 Å². The van der Waals surface area contributed by atoms with Crippen molar-refractivity contribution < 1.29 is 9.50 Å². The molecule has 2 N–H and O–H groups in total. The van der Waals surface area contributed by atoms with Gasteiger partial charge in [-0.05, 0) is 36.8 Å². The number of phenols is 1. The molecular weight excluding hydrogens is 297 g/mol. The van der Waals surface area contributed by atoms with Crippen molar-refractivity contribution in [3.63, 3.8) is 0 Å². The van der Waals surface area contributed by atoms with E-state index in [2.05, 4.69) is 21.2 Å². The number of halogens is 2. The Hall–Kier alpha value is -1.55. The van der Waals surface area contributed by atoms with Gasteiger partial charge in [-0.25, -0.2) is 4.39 Å². The summed E-state index contributed by atoms with van der Waals surface area (Å²) in [6.45, 7) is 1.97. The number of hydrogen-bond acceptors (Lipinski definition) is 2. The van der Waals surface area contributed by atoms with Crippen LogP contribution in [0, 0.1) is 5.82 Å². The molecule has 0 saturated carbocycles. The first kappa shape index (κ1) is 12.9. The molecule has 0 aliphatic heterocycles. The van der Waals surface area contributed by atoms with Crippen molar-refractivity contribution in [2.75, 3.05) is 5.32 Å². The van der Waals surface area contributed by atoms with E-state index in [1.54, 1.807) is 24.3 Å². The summed E-state index contributed by atoms with van der Waals surface area (Å²) >= 11 is 3.35. The van der Waals surface area contributed by atoms with E-state index < -0.39 is 0 Å². The molecule has 0 bridgehead atoms. The van der Waals surface area contributed by atoms with E-state index in [1.165, 1.54) is 12.1 Å². The number of phenolic OH excluding ortho intramolecular Hbond substituents is 1. The van der Waals surface area contributed by atoms with Gasteiger partial charge >= 0.3 is 0 Å². The molecule has 0 spiro atoms. The first-order valence-electron chi connectivity index (χ1n) is 5.57. The number of benzene rings is 2. The van der Waals surface area contributed by atoms with Gasteiger partial charge in [-0.3, -0.25) is 0 Å². The maximum absolute atomic E-state index is 13.0. The molecule has 0 aliphatic rings. The molecule has 1 unspecified atom stereocenters. The van der Waals surface area contributed by atoms with Crippen LogP contribution in [0.1, 0.15) is 18.5 Å². The highest BCUT2D eigenvalue weighted by atomic mass is 79.9. The van der Waals surface area contributed by atoms with Crippen LogP contribution in [0.3, 0.4) is 0 Å². The fourth-order valence-electron chi connectivity index (χ4n) is 1.78. The number of anilines is 1. The summed E-state index contributed by atoms with van der Waals surface area (Å²) in [4.78, 5) is 0. The molecule has 0 aliphatic carbocycles. The van der Waals surface area contributed by atoms with E-state index >= 15 is 0 Å². The number of aromatic hydroxyl groups is 1. The summed E-state index contributed by atoms with van der Waals surface area (Å²) in [7, 11) is 0. The topological polar surface area (TPSA) is 32.3 Å². The standard InChI is InChI=1S/C14H13BrFNO/c1-9(13-6-5-10(16)7-14(13)15)17-11-3-2-4-12(18)8-11/h2-9,17-18H,1H3. The lowest BCUT2D eigenvalue weighted by Crippen LogP contribution is -2.07. The summed E-state index contributed by atoms with van der Waals surface area (Å²) < 4.78 is 13.7. The van der Waals surface area contributed by atoms with Gasteiger partial charge in [0.15, 0.2) is 0 Å². The smallest absolute Gasteiger partial charge is 0.124 e. The van der Waals surface area contributed by atoms with Gasteiger partial charge in [0.05, 0.1) is 0 Å². The van der Waals surface area contributed by atoms with E-state index in [1.807, 2.05) is 13.0 Å². The zero-order valence-corrected chi connectivity index (χ0v) is 11.4. The zero-order chi connectivity index (χ0) is 13.1. The third kappa shape index (κ3) is 3.01. The summed E-state index contributed by atoms with van der Waals surface area (Å²) in [5, 5.41) is 12.6. The molecule has 2 nitrogen and oxygen atoms in total. The van der Waals surface area contributed by atoms with Crippen LogP contribution in [0.2, 0.25) is 0 Å². The Morgan fingerprint density at radius 2 is 2.00 bits per heavy atom. The molecule has 18 heavy (non-hydrogen) atoms. The molecule has 4 heteroatoms. The third-order valence-electron chi connectivity index (χ3n) is 2.66. The van der Waals surface area contributed by atoms with Crippen molar-refractivity contribution in [2.24, 2.45) is 0 Å². The lowest BCUT2D eigenvalue weighted by molar-refractivity contribution is 0.475. The van der Waals surface area contributed by atoms with Crippen molar-refractivity contribution in [2.45, 2.75) is 13.0 Å². The minimum atomic E-state index is -0.268. The molecule has 0 saturated heterocycles. The molecule has 94 valence electrons. The van der Waals surface area contributed by atoms with Crippen LogP contribution in [0.4, 0.5) is 10.1 Å². The molecule has 0 amide bonds. The molecule has 0 heterocycles. The highest BCUT2D eigenvalue weighted by Gasteiger charge is 2.10. The Morgan fingerprint density at radius 1 is 1.22 bits per heavy atom. The van der Waals surface area contributed by atoms with Crippen molar-refractivity contribution >= 4 is 21.6 Å². The van der Waals surface area contributed by atoms with Gasteiger partial charge < -0.3 is 10.4 Å². The lowest BCUT2D eigenvalue weighted by atomic mass is 10.1. The van der Waals surface area contributed by atoms with Crippen molar-refractivity contribution in [3.05, 3.63) is 58.3 Å². The second-order valence-electron chi connectivity index (χ2n) is 4.08. The molecule has 0 aromatic heterocycles. The van der Waals surface area contributed by atoms with E-state index in [4.69, 9.17) is 0 Å². The van der Waals surface area contributed by atoms with Crippen LogP contribution < -0.4 is 5.32 Å². The van der Waals surface area contributed by atoms with Crippen LogP contribution in [0.15, 0.2) is 46.9 Å². The predicted molar refractivity (Wildman–Crippen MR) is 74.2 cm³/mol.